The first-order valence-corrected chi connectivity index (χ1v) is 6.19. The Morgan fingerprint density at radius 2 is 1.64 bits per heavy atom. The molecule has 0 heterocycles. The molecule has 1 N–H and O–H groups in total. The molecule has 2 aromatic carbocycles. The van der Waals surface area contributed by atoms with Crippen molar-refractivity contribution in [1.29, 1.82) is 0 Å². The monoisotopic (exact) mass is 301 g/mol. The Morgan fingerprint density at radius 3 is 2.18 bits per heavy atom. The maximum atomic E-state index is 12.1. The minimum absolute atomic E-state index is 0.240. The highest BCUT2D eigenvalue weighted by Crippen LogP contribution is 2.25. The minimum atomic E-state index is -0.822. The number of hydrogen-bond acceptors (Lipinski definition) is 5. The first-order valence-electron chi connectivity index (χ1n) is 6.19. The molecular weight excluding hydrogens is 290 g/mol. The number of aryl methyl sites for hydroxylation is 1. The van der Waals surface area contributed by atoms with Gasteiger partial charge in [-0.15, -0.1) is 0 Å². The second kappa shape index (κ2) is 6.00. The number of anilines is 1. The van der Waals surface area contributed by atoms with Gasteiger partial charge in [0.05, 0.1) is 15.9 Å². The standard InChI is InChI=1S/C14H11N3O5/c1-9-2-4-10(5-3-9)15-14(18)12-7-6-11(16(19)20)8-13(12)17(21)22/h2-8H,1H3,(H,15,18). The molecular formula is C14H11N3O5. The van der Waals surface area contributed by atoms with Crippen LogP contribution in [0.3, 0.4) is 0 Å². The quantitative estimate of drug-likeness (QED) is 0.688. The molecule has 0 saturated heterocycles. The molecule has 0 unspecified atom stereocenters. The Hall–Kier alpha value is -3.29. The molecule has 8 heteroatoms. The summed E-state index contributed by atoms with van der Waals surface area (Å²) in [4.78, 5) is 32.2. The summed E-state index contributed by atoms with van der Waals surface area (Å²) in [6.07, 6.45) is 0. The fourth-order valence-electron chi connectivity index (χ4n) is 1.81. The van der Waals surface area contributed by atoms with Crippen LogP contribution in [-0.4, -0.2) is 15.8 Å². The van der Waals surface area contributed by atoms with Crippen LogP contribution in [0.25, 0.3) is 0 Å². The van der Waals surface area contributed by atoms with E-state index in [1.807, 2.05) is 6.92 Å². The van der Waals surface area contributed by atoms with Gasteiger partial charge in [0, 0.05) is 11.8 Å². The molecule has 22 heavy (non-hydrogen) atoms. The predicted molar refractivity (Wildman–Crippen MR) is 78.9 cm³/mol. The zero-order valence-electron chi connectivity index (χ0n) is 11.5. The number of non-ortho nitro benzene ring substituents is 1. The maximum Gasteiger partial charge on any atom is 0.289 e. The number of nitrogens with zero attached hydrogens (tertiary/aromatic N) is 2. The summed E-state index contributed by atoms with van der Waals surface area (Å²) in [5.41, 5.74) is 0.177. The predicted octanol–water partition coefficient (Wildman–Crippen LogP) is 3.06. The zero-order valence-corrected chi connectivity index (χ0v) is 11.5. The third kappa shape index (κ3) is 3.23. The summed E-state index contributed by atoms with van der Waals surface area (Å²) >= 11 is 0. The Bertz CT molecular complexity index is 756. The van der Waals surface area contributed by atoms with Crippen molar-refractivity contribution in [3.8, 4) is 0 Å². The van der Waals surface area contributed by atoms with Gasteiger partial charge in [-0.25, -0.2) is 0 Å². The smallest absolute Gasteiger partial charge is 0.289 e. The fraction of sp³-hybridized carbons (Fsp3) is 0.0714. The van der Waals surface area contributed by atoms with Crippen molar-refractivity contribution in [2.24, 2.45) is 0 Å². The van der Waals surface area contributed by atoms with E-state index in [1.165, 1.54) is 0 Å². The van der Waals surface area contributed by atoms with Crippen LogP contribution in [0.5, 0.6) is 0 Å². The molecule has 0 aliphatic carbocycles. The molecule has 2 rings (SSSR count). The van der Waals surface area contributed by atoms with E-state index < -0.39 is 27.1 Å². The van der Waals surface area contributed by atoms with Crippen molar-refractivity contribution in [1.82, 2.24) is 0 Å². The largest absolute Gasteiger partial charge is 0.322 e. The van der Waals surface area contributed by atoms with Gasteiger partial charge in [-0.1, -0.05) is 17.7 Å². The van der Waals surface area contributed by atoms with Crippen LogP contribution in [0, 0.1) is 27.2 Å². The van der Waals surface area contributed by atoms with E-state index in [-0.39, 0.29) is 5.56 Å². The summed E-state index contributed by atoms with van der Waals surface area (Å²) in [5, 5.41) is 24.2. The zero-order chi connectivity index (χ0) is 16.3. The van der Waals surface area contributed by atoms with Gasteiger partial charge < -0.3 is 5.32 Å². The van der Waals surface area contributed by atoms with Gasteiger partial charge in [-0.2, -0.15) is 0 Å². The molecule has 2 aromatic rings. The minimum Gasteiger partial charge on any atom is -0.322 e. The van der Waals surface area contributed by atoms with E-state index in [4.69, 9.17) is 0 Å². The number of nitro benzene ring substituents is 2. The van der Waals surface area contributed by atoms with E-state index in [0.29, 0.717) is 5.69 Å². The second-order valence-corrected chi connectivity index (χ2v) is 4.54. The van der Waals surface area contributed by atoms with Gasteiger partial charge >= 0.3 is 0 Å². The molecule has 8 nitrogen and oxygen atoms in total. The number of amides is 1. The molecule has 0 radical (unpaired) electrons. The van der Waals surface area contributed by atoms with Crippen molar-refractivity contribution in [3.05, 3.63) is 73.8 Å². The van der Waals surface area contributed by atoms with Crippen LogP contribution in [0.1, 0.15) is 15.9 Å². The van der Waals surface area contributed by atoms with Crippen LogP contribution in [0.4, 0.5) is 17.1 Å². The highest BCUT2D eigenvalue weighted by atomic mass is 16.6. The molecule has 0 aromatic heterocycles. The van der Waals surface area contributed by atoms with E-state index >= 15 is 0 Å². The third-order valence-corrected chi connectivity index (χ3v) is 2.94. The second-order valence-electron chi connectivity index (χ2n) is 4.54. The van der Waals surface area contributed by atoms with Crippen molar-refractivity contribution in [3.63, 3.8) is 0 Å². The van der Waals surface area contributed by atoms with Crippen LogP contribution >= 0.6 is 0 Å². The van der Waals surface area contributed by atoms with Crippen LogP contribution in [0.15, 0.2) is 42.5 Å². The summed E-state index contributed by atoms with van der Waals surface area (Å²) in [7, 11) is 0. The Balaban J connectivity index is 2.34. The maximum absolute atomic E-state index is 12.1. The van der Waals surface area contributed by atoms with E-state index in [1.54, 1.807) is 24.3 Å². The summed E-state index contributed by atoms with van der Waals surface area (Å²) in [6.45, 7) is 1.88. The van der Waals surface area contributed by atoms with Gasteiger partial charge in [0.15, 0.2) is 0 Å². The van der Waals surface area contributed by atoms with Crippen molar-refractivity contribution in [2.75, 3.05) is 5.32 Å². The number of nitrogens with one attached hydrogen (secondary N) is 1. The van der Waals surface area contributed by atoms with E-state index in [9.17, 15) is 25.0 Å². The average Bonchev–Trinajstić information content (AvgIpc) is 2.48. The number of carbonyl (C=O) groups excluding carboxylic acids is 1. The highest BCUT2D eigenvalue weighted by molar-refractivity contribution is 6.07. The van der Waals surface area contributed by atoms with E-state index in [0.717, 1.165) is 23.8 Å². The van der Waals surface area contributed by atoms with Crippen molar-refractivity contribution < 1.29 is 14.6 Å². The lowest BCUT2D eigenvalue weighted by Gasteiger charge is -2.06. The highest BCUT2D eigenvalue weighted by Gasteiger charge is 2.24. The molecule has 0 atom stereocenters. The number of benzene rings is 2. The Kier molecular flexibility index (Phi) is 4.12. The molecule has 0 spiro atoms. The van der Waals surface area contributed by atoms with Gasteiger partial charge in [0.1, 0.15) is 5.56 Å². The topological polar surface area (TPSA) is 115 Å². The fourth-order valence-corrected chi connectivity index (χ4v) is 1.81. The lowest BCUT2D eigenvalue weighted by atomic mass is 10.1. The van der Waals surface area contributed by atoms with Crippen molar-refractivity contribution >= 4 is 23.0 Å². The van der Waals surface area contributed by atoms with Gasteiger partial charge in [-0.3, -0.25) is 25.0 Å². The lowest BCUT2D eigenvalue weighted by Crippen LogP contribution is -2.14. The Morgan fingerprint density at radius 1 is 1.00 bits per heavy atom. The summed E-state index contributed by atoms with van der Waals surface area (Å²) in [5.74, 6) is -0.703. The first kappa shape index (κ1) is 15.1. The number of carbonyl (C=O) groups is 1. The molecule has 1 amide bonds. The third-order valence-electron chi connectivity index (χ3n) is 2.94. The summed E-state index contributed by atoms with van der Waals surface area (Å²) < 4.78 is 0. The molecule has 0 fully saturated rings. The lowest BCUT2D eigenvalue weighted by molar-refractivity contribution is -0.394. The number of rotatable bonds is 4. The van der Waals surface area contributed by atoms with Crippen molar-refractivity contribution in [2.45, 2.75) is 6.92 Å². The van der Waals surface area contributed by atoms with Gasteiger partial charge in [0.2, 0.25) is 0 Å². The van der Waals surface area contributed by atoms with Crippen LogP contribution < -0.4 is 5.32 Å². The van der Waals surface area contributed by atoms with E-state index in [2.05, 4.69) is 5.32 Å². The summed E-state index contributed by atoms with van der Waals surface area (Å²) in [6, 6.07) is 9.76. The van der Waals surface area contributed by atoms with Gasteiger partial charge in [-0.05, 0) is 25.1 Å². The van der Waals surface area contributed by atoms with Crippen LogP contribution in [-0.2, 0) is 0 Å². The molecule has 112 valence electrons. The number of nitro groups is 2. The first-order chi connectivity index (χ1) is 10.4. The molecule has 0 bridgehead atoms. The SMILES string of the molecule is Cc1ccc(NC(=O)c2ccc([N+](=O)[O-])cc2[N+](=O)[O-])cc1. The number of hydrogen-bond donors (Lipinski definition) is 1. The molecule has 0 aliphatic rings. The Labute approximate surface area is 124 Å². The molecule has 0 saturated carbocycles. The normalized spacial score (nSPS) is 10.0. The van der Waals surface area contributed by atoms with Crippen LogP contribution in [0.2, 0.25) is 0 Å². The van der Waals surface area contributed by atoms with Gasteiger partial charge in [0.25, 0.3) is 17.3 Å². The molecule has 0 aliphatic heterocycles. The average molecular weight is 301 g/mol.